The Hall–Kier alpha value is -4.53. The Morgan fingerprint density at radius 3 is 2.38 bits per heavy atom. The lowest BCUT2D eigenvalue weighted by atomic mass is 10.2. The molecule has 172 valence electrons. The number of benzene rings is 2. The van der Waals surface area contributed by atoms with Crippen LogP contribution in [-0.2, 0) is 0 Å². The number of nitrogens with one attached hydrogen (secondary N) is 3. The molecular weight excluding hydrogens is 435 g/mol. The van der Waals surface area contributed by atoms with E-state index in [2.05, 4.69) is 31.1 Å². The highest BCUT2D eigenvalue weighted by atomic mass is 19.1. The smallest absolute Gasteiger partial charge is 0.251 e. The zero-order chi connectivity index (χ0) is 23.8. The molecule has 2 aromatic heterocycles. The molecule has 2 heterocycles. The summed E-state index contributed by atoms with van der Waals surface area (Å²) < 4.78 is 18.7. The summed E-state index contributed by atoms with van der Waals surface area (Å²) >= 11 is 0. The highest BCUT2D eigenvalue weighted by molar-refractivity contribution is 5.94. The Morgan fingerprint density at radius 2 is 1.65 bits per heavy atom. The summed E-state index contributed by atoms with van der Waals surface area (Å²) in [5, 5.41) is 17.3. The molecule has 0 saturated carbocycles. The Bertz CT molecular complexity index is 1230. The van der Waals surface area contributed by atoms with Gasteiger partial charge in [0.25, 0.3) is 5.91 Å². The van der Waals surface area contributed by atoms with E-state index < -0.39 is 0 Å². The summed E-state index contributed by atoms with van der Waals surface area (Å²) in [6.07, 6.45) is 1.77. The van der Waals surface area contributed by atoms with Crippen LogP contribution in [0.25, 0.3) is 0 Å². The molecule has 0 aliphatic carbocycles. The van der Waals surface area contributed by atoms with Crippen LogP contribution in [0.4, 0.5) is 21.8 Å². The van der Waals surface area contributed by atoms with Crippen molar-refractivity contribution in [1.29, 1.82) is 0 Å². The van der Waals surface area contributed by atoms with Crippen molar-refractivity contribution >= 4 is 23.4 Å². The number of aryl methyl sites for hydroxylation is 1. The van der Waals surface area contributed by atoms with Crippen molar-refractivity contribution < 1.29 is 13.9 Å². The zero-order valence-electron chi connectivity index (χ0n) is 18.5. The van der Waals surface area contributed by atoms with Gasteiger partial charge in [0.15, 0.2) is 5.82 Å². The fourth-order valence-corrected chi connectivity index (χ4v) is 2.97. The van der Waals surface area contributed by atoms with Gasteiger partial charge in [0.1, 0.15) is 29.0 Å². The van der Waals surface area contributed by atoms with E-state index in [0.717, 1.165) is 5.56 Å². The van der Waals surface area contributed by atoms with Crippen LogP contribution in [0.3, 0.4) is 0 Å². The van der Waals surface area contributed by atoms with E-state index in [-0.39, 0.29) is 11.7 Å². The lowest BCUT2D eigenvalue weighted by molar-refractivity contribution is 0.0955. The molecule has 4 aromatic rings. The van der Waals surface area contributed by atoms with E-state index in [4.69, 9.17) is 4.74 Å². The fourth-order valence-electron chi connectivity index (χ4n) is 2.97. The van der Waals surface area contributed by atoms with Crippen molar-refractivity contribution in [2.75, 3.05) is 23.7 Å². The summed E-state index contributed by atoms with van der Waals surface area (Å²) in [6.45, 7) is 2.83. The minimum Gasteiger partial charge on any atom is -0.457 e. The van der Waals surface area contributed by atoms with Gasteiger partial charge in [-0.15, -0.1) is 10.2 Å². The molecule has 1 amide bonds. The van der Waals surface area contributed by atoms with Crippen LogP contribution in [-0.4, -0.2) is 34.2 Å². The first kappa shape index (κ1) is 22.7. The number of carbonyl (C=O) groups is 1. The first-order valence-electron chi connectivity index (χ1n) is 10.6. The number of amides is 1. The molecule has 0 saturated heterocycles. The number of pyridine rings is 1. The Labute approximate surface area is 196 Å². The number of aromatic nitrogens is 3. The lowest BCUT2D eigenvalue weighted by Gasteiger charge is -2.10. The molecule has 4 rings (SSSR count). The van der Waals surface area contributed by atoms with Gasteiger partial charge in [-0.2, -0.15) is 0 Å². The summed E-state index contributed by atoms with van der Waals surface area (Å²) in [7, 11) is 0. The minimum absolute atomic E-state index is 0.234. The van der Waals surface area contributed by atoms with E-state index in [1.165, 1.54) is 24.3 Å². The molecule has 0 radical (unpaired) electrons. The standard InChI is InChI=1S/C25H23FN6O2/c1-17-5-10-22(29-16-17)30-24-12-11-23(31-32-24)27-13-14-28-25(33)18-3-2-4-21(15-18)34-20-8-6-19(26)7-9-20/h2-12,15-16H,13-14H2,1H3,(H,27,31)(H,28,33)(H,29,30,32). The number of nitrogens with zero attached hydrogens (tertiary/aromatic N) is 3. The third kappa shape index (κ3) is 6.49. The average Bonchev–Trinajstić information content (AvgIpc) is 2.86. The molecule has 8 nitrogen and oxygen atoms in total. The molecule has 0 unspecified atom stereocenters. The summed E-state index contributed by atoms with van der Waals surface area (Å²) in [4.78, 5) is 16.7. The lowest BCUT2D eigenvalue weighted by Crippen LogP contribution is -2.28. The number of rotatable bonds is 9. The normalized spacial score (nSPS) is 10.4. The molecule has 9 heteroatoms. The van der Waals surface area contributed by atoms with Crippen molar-refractivity contribution in [3.05, 3.63) is 95.9 Å². The number of hydrogen-bond acceptors (Lipinski definition) is 7. The van der Waals surface area contributed by atoms with Gasteiger partial charge in [-0.05, 0) is 73.2 Å². The maximum absolute atomic E-state index is 13.0. The van der Waals surface area contributed by atoms with Crippen LogP contribution in [0.2, 0.25) is 0 Å². The second kappa shape index (κ2) is 10.9. The topological polar surface area (TPSA) is 101 Å². The number of carbonyl (C=O) groups excluding carboxylic acids is 1. The molecule has 0 fully saturated rings. The summed E-state index contributed by atoms with van der Waals surface area (Å²) in [5.41, 5.74) is 1.54. The van der Waals surface area contributed by atoms with E-state index in [1.807, 2.05) is 19.1 Å². The third-order valence-corrected chi connectivity index (χ3v) is 4.69. The van der Waals surface area contributed by atoms with Gasteiger partial charge in [0, 0.05) is 24.8 Å². The van der Waals surface area contributed by atoms with Gasteiger partial charge >= 0.3 is 0 Å². The molecular formula is C25H23FN6O2. The monoisotopic (exact) mass is 458 g/mol. The largest absolute Gasteiger partial charge is 0.457 e. The van der Waals surface area contributed by atoms with Gasteiger partial charge in [-0.25, -0.2) is 9.37 Å². The second-order valence-electron chi connectivity index (χ2n) is 7.42. The molecule has 34 heavy (non-hydrogen) atoms. The SMILES string of the molecule is Cc1ccc(Nc2ccc(NCCNC(=O)c3cccc(Oc4ccc(F)cc4)c3)nn2)nc1. The highest BCUT2D eigenvalue weighted by Crippen LogP contribution is 2.22. The molecule has 0 atom stereocenters. The van der Waals surface area contributed by atoms with Gasteiger partial charge < -0.3 is 20.7 Å². The quantitative estimate of drug-likeness (QED) is 0.313. The van der Waals surface area contributed by atoms with Crippen LogP contribution < -0.4 is 20.7 Å². The number of halogens is 1. The van der Waals surface area contributed by atoms with Gasteiger partial charge in [-0.3, -0.25) is 4.79 Å². The molecule has 0 spiro atoms. The fraction of sp³-hybridized carbons (Fsp3) is 0.120. The third-order valence-electron chi connectivity index (χ3n) is 4.69. The number of hydrogen-bond donors (Lipinski definition) is 3. The van der Waals surface area contributed by atoms with Crippen molar-refractivity contribution in [3.8, 4) is 11.5 Å². The Morgan fingerprint density at radius 1 is 0.882 bits per heavy atom. The van der Waals surface area contributed by atoms with Crippen LogP contribution in [0, 0.1) is 12.7 Å². The van der Waals surface area contributed by atoms with Crippen LogP contribution >= 0.6 is 0 Å². The first-order chi connectivity index (χ1) is 16.5. The summed E-state index contributed by atoms with van der Waals surface area (Å²) in [6, 6.07) is 19.9. The van der Waals surface area contributed by atoms with Crippen LogP contribution in [0.5, 0.6) is 11.5 Å². The van der Waals surface area contributed by atoms with E-state index in [1.54, 1.807) is 42.6 Å². The predicted octanol–water partition coefficient (Wildman–Crippen LogP) is 4.70. The van der Waals surface area contributed by atoms with Gasteiger partial charge in [0.05, 0.1) is 0 Å². The van der Waals surface area contributed by atoms with E-state index >= 15 is 0 Å². The summed E-state index contributed by atoms with van der Waals surface area (Å²) in [5.74, 6) is 2.26. The molecule has 3 N–H and O–H groups in total. The predicted molar refractivity (Wildman–Crippen MR) is 128 cm³/mol. The van der Waals surface area contributed by atoms with Crippen LogP contribution in [0.1, 0.15) is 15.9 Å². The zero-order valence-corrected chi connectivity index (χ0v) is 18.5. The highest BCUT2D eigenvalue weighted by Gasteiger charge is 2.07. The van der Waals surface area contributed by atoms with Crippen molar-refractivity contribution in [3.63, 3.8) is 0 Å². The average molecular weight is 458 g/mol. The second-order valence-corrected chi connectivity index (χ2v) is 7.42. The molecule has 0 aliphatic rings. The van der Waals surface area contributed by atoms with Crippen molar-refractivity contribution in [1.82, 2.24) is 20.5 Å². The maximum Gasteiger partial charge on any atom is 0.251 e. The van der Waals surface area contributed by atoms with Crippen LogP contribution in [0.15, 0.2) is 79.0 Å². The maximum atomic E-state index is 13.0. The van der Waals surface area contributed by atoms with Gasteiger partial charge in [0.2, 0.25) is 0 Å². The van der Waals surface area contributed by atoms with Gasteiger partial charge in [-0.1, -0.05) is 12.1 Å². The molecule has 0 bridgehead atoms. The Kier molecular flexibility index (Phi) is 7.24. The van der Waals surface area contributed by atoms with Crippen molar-refractivity contribution in [2.45, 2.75) is 6.92 Å². The number of ether oxygens (including phenoxy) is 1. The Balaban J connectivity index is 1.22. The van der Waals surface area contributed by atoms with E-state index in [0.29, 0.717) is 47.6 Å². The minimum atomic E-state index is -0.341. The molecule has 2 aromatic carbocycles. The van der Waals surface area contributed by atoms with Crippen molar-refractivity contribution in [2.24, 2.45) is 0 Å². The molecule has 0 aliphatic heterocycles. The number of anilines is 3. The first-order valence-corrected chi connectivity index (χ1v) is 10.6. The van der Waals surface area contributed by atoms with E-state index in [9.17, 15) is 9.18 Å².